The van der Waals surface area contributed by atoms with Gasteiger partial charge in [-0.25, -0.2) is 0 Å². The quantitative estimate of drug-likeness (QED) is 0.658. The smallest absolute Gasteiger partial charge is 0.0464 e. The largest absolute Gasteiger partial charge is 0.260 e. The molecule has 0 N–H and O–H groups in total. The lowest BCUT2D eigenvalue weighted by atomic mass is 9.92. The predicted molar refractivity (Wildman–Crippen MR) is 91.9 cm³/mol. The highest BCUT2D eigenvalue weighted by molar-refractivity contribution is 5.64. The van der Waals surface area contributed by atoms with Gasteiger partial charge in [0, 0.05) is 17.5 Å². The van der Waals surface area contributed by atoms with Crippen molar-refractivity contribution in [3.8, 4) is 11.1 Å². The average Bonchev–Trinajstić information content (AvgIpc) is 2.46. The minimum atomic E-state index is 0.472. The third-order valence-corrected chi connectivity index (χ3v) is 4.03. The Kier molecular flexibility index (Phi) is 4.82. The third-order valence-electron chi connectivity index (χ3n) is 4.03. The second-order valence-electron chi connectivity index (χ2n) is 6.78. The number of hydrogen-bond acceptors (Lipinski definition) is 1. The molecule has 0 atom stereocenters. The van der Waals surface area contributed by atoms with Gasteiger partial charge in [-0.15, -0.1) is 0 Å². The molecule has 21 heavy (non-hydrogen) atoms. The van der Waals surface area contributed by atoms with Gasteiger partial charge in [-0.3, -0.25) is 4.98 Å². The maximum Gasteiger partial charge on any atom is 0.0464 e. The van der Waals surface area contributed by atoms with Crippen molar-refractivity contribution in [3.63, 3.8) is 0 Å². The van der Waals surface area contributed by atoms with Crippen molar-refractivity contribution in [1.29, 1.82) is 0 Å². The highest BCUT2D eigenvalue weighted by atomic mass is 14.7. The molecule has 0 amide bonds. The van der Waals surface area contributed by atoms with Crippen LogP contribution < -0.4 is 0 Å². The lowest BCUT2D eigenvalue weighted by Gasteiger charge is -2.16. The fourth-order valence-corrected chi connectivity index (χ4v) is 2.66. The van der Waals surface area contributed by atoms with Crippen molar-refractivity contribution in [2.45, 2.75) is 59.3 Å². The predicted octanol–water partition coefficient (Wildman–Crippen LogP) is 6.12. The summed E-state index contributed by atoms with van der Waals surface area (Å²) in [6.07, 6.45) is 2.02. The number of rotatable bonds is 4. The first-order valence-electron chi connectivity index (χ1n) is 8.00. The Balaban J connectivity index is 2.42. The molecule has 0 saturated heterocycles. The van der Waals surface area contributed by atoms with Gasteiger partial charge in [-0.2, -0.15) is 0 Å². The van der Waals surface area contributed by atoms with E-state index in [0.29, 0.717) is 17.8 Å². The van der Waals surface area contributed by atoms with E-state index in [-0.39, 0.29) is 0 Å². The van der Waals surface area contributed by atoms with E-state index >= 15 is 0 Å². The van der Waals surface area contributed by atoms with Gasteiger partial charge in [-0.1, -0.05) is 65.8 Å². The zero-order chi connectivity index (χ0) is 15.6. The van der Waals surface area contributed by atoms with Crippen LogP contribution in [0.15, 0.2) is 36.5 Å². The monoisotopic (exact) mass is 281 g/mol. The number of aromatic nitrogens is 1. The van der Waals surface area contributed by atoms with Gasteiger partial charge < -0.3 is 0 Å². The third kappa shape index (κ3) is 3.53. The lowest BCUT2D eigenvalue weighted by molar-refractivity contribution is 0.758. The van der Waals surface area contributed by atoms with Crippen LogP contribution in [0.5, 0.6) is 0 Å². The molecule has 0 aliphatic rings. The number of pyridine rings is 1. The molecule has 1 nitrogen and oxygen atoms in total. The van der Waals surface area contributed by atoms with Crippen LogP contribution in [0.2, 0.25) is 0 Å². The Hall–Kier alpha value is -1.63. The molecule has 0 aliphatic carbocycles. The van der Waals surface area contributed by atoms with Crippen LogP contribution in [0.4, 0.5) is 0 Å². The molecule has 1 heterocycles. The zero-order valence-corrected chi connectivity index (χ0v) is 14.1. The second kappa shape index (κ2) is 6.43. The van der Waals surface area contributed by atoms with E-state index in [4.69, 9.17) is 4.98 Å². The number of hydrogen-bond donors (Lipinski definition) is 0. The van der Waals surface area contributed by atoms with Crippen LogP contribution in [-0.4, -0.2) is 4.98 Å². The molecule has 1 aromatic heterocycles. The lowest BCUT2D eigenvalue weighted by Crippen LogP contribution is -2.02. The van der Waals surface area contributed by atoms with Gasteiger partial charge in [0.25, 0.3) is 0 Å². The van der Waals surface area contributed by atoms with E-state index in [1.54, 1.807) is 0 Å². The van der Waals surface area contributed by atoms with E-state index < -0.39 is 0 Å². The van der Waals surface area contributed by atoms with Crippen LogP contribution in [0, 0.1) is 0 Å². The summed E-state index contributed by atoms with van der Waals surface area (Å²) in [5.74, 6) is 1.55. The molecule has 112 valence electrons. The maximum atomic E-state index is 4.73. The summed E-state index contributed by atoms with van der Waals surface area (Å²) in [5.41, 5.74) is 6.46. The van der Waals surface area contributed by atoms with Crippen LogP contribution in [0.1, 0.15) is 76.1 Å². The molecule has 0 radical (unpaired) electrons. The molecular weight excluding hydrogens is 254 g/mol. The second-order valence-corrected chi connectivity index (χ2v) is 6.78. The molecular formula is C20H27N. The van der Waals surface area contributed by atoms with Crippen LogP contribution in [0.25, 0.3) is 11.1 Å². The summed E-state index contributed by atoms with van der Waals surface area (Å²) >= 11 is 0. The highest BCUT2D eigenvalue weighted by Gasteiger charge is 2.13. The van der Waals surface area contributed by atoms with Crippen molar-refractivity contribution in [2.24, 2.45) is 0 Å². The molecule has 0 spiro atoms. The van der Waals surface area contributed by atoms with E-state index in [1.807, 2.05) is 6.20 Å². The Morgan fingerprint density at radius 2 is 1.33 bits per heavy atom. The molecule has 1 heteroatoms. The standard InChI is InChI=1S/C20H27N/c1-13(2)16-7-9-17(10-8-16)18-11-19(14(3)4)20(15(5)6)21-12-18/h7-15H,1-6H3. The minimum Gasteiger partial charge on any atom is -0.260 e. The van der Waals surface area contributed by atoms with Crippen molar-refractivity contribution < 1.29 is 0 Å². The SMILES string of the molecule is CC(C)c1ccc(-c2cnc(C(C)C)c(C(C)C)c2)cc1. The van der Waals surface area contributed by atoms with Gasteiger partial charge in [0.1, 0.15) is 0 Å². The van der Waals surface area contributed by atoms with Crippen molar-refractivity contribution in [3.05, 3.63) is 53.3 Å². The molecule has 0 saturated carbocycles. The molecule has 2 aromatic rings. The van der Waals surface area contributed by atoms with Crippen LogP contribution >= 0.6 is 0 Å². The Bertz CT molecular complexity index is 592. The minimum absolute atomic E-state index is 0.472. The average molecular weight is 281 g/mol. The maximum absolute atomic E-state index is 4.73. The fraction of sp³-hybridized carbons (Fsp3) is 0.450. The van der Waals surface area contributed by atoms with Crippen LogP contribution in [0.3, 0.4) is 0 Å². The summed E-state index contributed by atoms with van der Waals surface area (Å²) in [6, 6.07) is 11.2. The van der Waals surface area contributed by atoms with Gasteiger partial charge in [0.2, 0.25) is 0 Å². The summed E-state index contributed by atoms with van der Waals surface area (Å²) in [4.78, 5) is 4.73. The van der Waals surface area contributed by atoms with E-state index in [9.17, 15) is 0 Å². The Labute approximate surface area is 129 Å². The summed E-state index contributed by atoms with van der Waals surface area (Å²) in [7, 11) is 0. The molecule has 0 unspecified atom stereocenters. The zero-order valence-electron chi connectivity index (χ0n) is 14.1. The normalized spacial score (nSPS) is 11.7. The fourth-order valence-electron chi connectivity index (χ4n) is 2.66. The number of benzene rings is 1. The van der Waals surface area contributed by atoms with E-state index in [2.05, 4.69) is 71.9 Å². The Morgan fingerprint density at radius 3 is 1.81 bits per heavy atom. The first kappa shape index (κ1) is 15.8. The molecule has 0 fully saturated rings. The topological polar surface area (TPSA) is 12.9 Å². The van der Waals surface area contributed by atoms with E-state index in [1.165, 1.54) is 27.9 Å². The van der Waals surface area contributed by atoms with Gasteiger partial charge in [-0.05, 0) is 40.5 Å². The van der Waals surface area contributed by atoms with Gasteiger partial charge in [0.05, 0.1) is 0 Å². The molecule has 2 rings (SSSR count). The van der Waals surface area contributed by atoms with Gasteiger partial charge >= 0.3 is 0 Å². The molecule has 1 aromatic carbocycles. The van der Waals surface area contributed by atoms with E-state index in [0.717, 1.165) is 0 Å². The van der Waals surface area contributed by atoms with Crippen molar-refractivity contribution in [2.75, 3.05) is 0 Å². The summed E-state index contributed by atoms with van der Waals surface area (Å²) < 4.78 is 0. The first-order valence-corrected chi connectivity index (χ1v) is 8.00. The molecule has 0 aliphatic heterocycles. The summed E-state index contributed by atoms with van der Waals surface area (Å²) in [6.45, 7) is 13.4. The van der Waals surface area contributed by atoms with Crippen molar-refractivity contribution >= 4 is 0 Å². The molecule has 0 bridgehead atoms. The summed E-state index contributed by atoms with van der Waals surface area (Å²) in [5, 5.41) is 0. The van der Waals surface area contributed by atoms with Crippen molar-refractivity contribution in [1.82, 2.24) is 4.98 Å². The van der Waals surface area contributed by atoms with Crippen LogP contribution in [-0.2, 0) is 0 Å². The highest BCUT2D eigenvalue weighted by Crippen LogP contribution is 2.29. The Morgan fingerprint density at radius 1 is 0.714 bits per heavy atom. The first-order chi connectivity index (χ1) is 9.90. The van der Waals surface area contributed by atoms with Gasteiger partial charge in [0.15, 0.2) is 0 Å². The number of nitrogens with zero attached hydrogens (tertiary/aromatic N) is 1.